The Morgan fingerprint density at radius 3 is 1.25 bits per heavy atom. The number of carbonyl (C=O) groups excluding carboxylic acids is 4. The molecule has 0 saturated carbocycles. The molecule has 0 bridgehead atoms. The van der Waals surface area contributed by atoms with E-state index in [1.54, 1.807) is 0 Å². The molecule has 1 aromatic carbocycles. The van der Waals surface area contributed by atoms with Gasteiger partial charge in [-0.1, -0.05) is 135 Å². The van der Waals surface area contributed by atoms with Crippen LogP contribution in [0.3, 0.4) is 0 Å². The molecule has 1 amide bonds. The van der Waals surface area contributed by atoms with Gasteiger partial charge in [0.25, 0.3) is 0 Å². The van der Waals surface area contributed by atoms with Crippen molar-refractivity contribution >= 4 is 35.3 Å². The molecule has 14 heteroatoms. The Morgan fingerprint density at radius 2 is 0.824 bits per heavy atom. The summed E-state index contributed by atoms with van der Waals surface area (Å²) in [6.07, 6.45) is 26.1. The van der Waals surface area contributed by atoms with E-state index in [4.69, 9.17) is 28.4 Å². The van der Waals surface area contributed by atoms with E-state index in [0.29, 0.717) is 84.8 Å². The summed E-state index contributed by atoms with van der Waals surface area (Å²) in [4.78, 5) is 57.6. The summed E-state index contributed by atoms with van der Waals surface area (Å²) in [6.45, 7) is 13.8. The van der Waals surface area contributed by atoms with Crippen molar-refractivity contribution < 1.29 is 47.6 Å². The molecule has 0 aliphatic carbocycles. The average Bonchev–Trinajstić information content (AvgIpc) is 3.76. The van der Waals surface area contributed by atoms with Crippen LogP contribution in [0.25, 0.3) is 10.9 Å². The molecule has 68 heavy (non-hydrogen) atoms. The minimum absolute atomic E-state index is 0.0201. The fraction of sp³-hybridized carbons (Fsp3) is 0.778. The van der Waals surface area contributed by atoms with Gasteiger partial charge in [0, 0.05) is 49.7 Å². The number of benzene rings is 1. The SMILES string of the molecule is CCCCCCCCOC(=O)OCCCCN(CCCCOC(=O)OCCCCCCCC)CCN(CCCCOC(=O)OCCCCCCCC)CCNC(=O)CCc1c[nH]c2ccccc12. The van der Waals surface area contributed by atoms with Gasteiger partial charge in [0.05, 0.1) is 39.6 Å². The summed E-state index contributed by atoms with van der Waals surface area (Å²) < 4.78 is 32.0. The van der Waals surface area contributed by atoms with Crippen LogP contribution in [-0.4, -0.2) is 125 Å². The summed E-state index contributed by atoms with van der Waals surface area (Å²) in [5.41, 5.74) is 2.21. The second-order valence-electron chi connectivity index (χ2n) is 18.2. The molecule has 390 valence electrons. The highest BCUT2D eigenvalue weighted by atomic mass is 16.7. The van der Waals surface area contributed by atoms with Gasteiger partial charge in [0.15, 0.2) is 0 Å². The first-order valence-electron chi connectivity index (χ1n) is 27.0. The Balaban J connectivity index is 1.89. The first-order valence-corrected chi connectivity index (χ1v) is 27.0. The molecule has 0 radical (unpaired) electrons. The highest BCUT2D eigenvalue weighted by Gasteiger charge is 2.14. The van der Waals surface area contributed by atoms with E-state index in [0.717, 1.165) is 126 Å². The number of amides is 1. The zero-order chi connectivity index (χ0) is 49.0. The highest BCUT2D eigenvalue weighted by Crippen LogP contribution is 2.19. The largest absolute Gasteiger partial charge is 0.508 e. The van der Waals surface area contributed by atoms with E-state index in [9.17, 15) is 19.2 Å². The van der Waals surface area contributed by atoms with E-state index in [1.807, 2.05) is 24.4 Å². The molecular formula is C54H94N4O10. The number of aromatic amines is 1. The van der Waals surface area contributed by atoms with Gasteiger partial charge in [-0.2, -0.15) is 0 Å². The first-order chi connectivity index (χ1) is 33.4. The third kappa shape index (κ3) is 33.5. The minimum Gasteiger partial charge on any atom is -0.434 e. The third-order valence-corrected chi connectivity index (χ3v) is 12.2. The van der Waals surface area contributed by atoms with Gasteiger partial charge in [-0.25, -0.2) is 14.4 Å². The van der Waals surface area contributed by atoms with Crippen LogP contribution in [-0.2, 0) is 39.6 Å². The van der Waals surface area contributed by atoms with Gasteiger partial charge in [-0.15, -0.1) is 0 Å². The van der Waals surface area contributed by atoms with Crippen molar-refractivity contribution in [1.82, 2.24) is 20.1 Å². The van der Waals surface area contributed by atoms with Crippen LogP contribution < -0.4 is 5.32 Å². The normalized spacial score (nSPS) is 11.3. The number of fused-ring (bicyclic) bond motifs is 1. The number of nitrogens with one attached hydrogen (secondary N) is 2. The topological polar surface area (TPSA) is 158 Å². The van der Waals surface area contributed by atoms with Crippen LogP contribution in [0.1, 0.15) is 187 Å². The number of hydrogen-bond acceptors (Lipinski definition) is 12. The maximum Gasteiger partial charge on any atom is 0.508 e. The Morgan fingerprint density at radius 1 is 0.456 bits per heavy atom. The van der Waals surface area contributed by atoms with Crippen LogP contribution in [0.4, 0.5) is 14.4 Å². The van der Waals surface area contributed by atoms with Crippen LogP contribution in [0.5, 0.6) is 0 Å². The van der Waals surface area contributed by atoms with Gasteiger partial charge in [-0.05, 0) is 95.5 Å². The predicted octanol–water partition coefficient (Wildman–Crippen LogP) is 12.7. The van der Waals surface area contributed by atoms with Crippen LogP contribution >= 0.6 is 0 Å². The molecule has 2 N–H and O–H groups in total. The van der Waals surface area contributed by atoms with Crippen LogP contribution in [0.15, 0.2) is 30.5 Å². The summed E-state index contributed by atoms with van der Waals surface area (Å²) in [5.74, 6) is 0.0201. The van der Waals surface area contributed by atoms with Gasteiger partial charge in [0.2, 0.25) is 5.91 Å². The Bertz CT molecular complexity index is 1500. The lowest BCUT2D eigenvalue weighted by Gasteiger charge is -2.28. The first kappa shape index (κ1) is 60.1. The summed E-state index contributed by atoms with van der Waals surface area (Å²) in [7, 11) is 0. The third-order valence-electron chi connectivity index (χ3n) is 12.2. The number of aromatic nitrogens is 1. The second kappa shape index (κ2) is 43.0. The van der Waals surface area contributed by atoms with E-state index in [2.05, 4.69) is 46.9 Å². The Labute approximate surface area is 411 Å². The molecule has 0 aliphatic rings. The molecule has 2 rings (SSSR count). The van der Waals surface area contributed by atoms with Crippen LogP contribution in [0.2, 0.25) is 0 Å². The lowest BCUT2D eigenvalue weighted by Crippen LogP contribution is -2.40. The van der Waals surface area contributed by atoms with Gasteiger partial charge in [0.1, 0.15) is 0 Å². The fourth-order valence-electron chi connectivity index (χ4n) is 8.00. The lowest BCUT2D eigenvalue weighted by atomic mass is 10.1. The number of rotatable bonds is 45. The van der Waals surface area contributed by atoms with E-state index in [1.165, 1.54) is 57.8 Å². The van der Waals surface area contributed by atoms with Gasteiger partial charge >= 0.3 is 18.5 Å². The Hall–Kier alpha value is -4.04. The summed E-state index contributed by atoms with van der Waals surface area (Å²) in [5, 5.41) is 4.29. The molecule has 1 heterocycles. The molecule has 14 nitrogen and oxygen atoms in total. The number of H-pyrrole nitrogens is 1. The molecule has 1 aromatic heterocycles. The number of nitrogens with zero attached hydrogens (tertiary/aromatic N) is 2. The van der Waals surface area contributed by atoms with Crippen molar-refractivity contribution in [2.24, 2.45) is 0 Å². The molecule has 0 spiro atoms. The number of aryl methyl sites for hydroxylation is 1. The maximum absolute atomic E-state index is 13.0. The smallest absolute Gasteiger partial charge is 0.434 e. The van der Waals surface area contributed by atoms with Crippen molar-refractivity contribution in [1.29, 1.82) is 0 Å². The monoisotopic (exact) mass is 959 g/mol. The van der Waals surface area contributed by atoms with Gasteiger partial charge < -0.3 is 48.5 Å². The Kier molecular flexibility index (Phi) is 38.0. The molecule has 0 fully saturated rings. The number of hydrogen-bond donors (Lipinski definition) is 2. The molecule has 0 saturated heterocycles. The van der Waals surface area contributed by atoms with E-state index >= 15 is 0 Å². The highest BCUT2D eigenvalue weighted by molar-refractivity contribution is 5.84. The number of unbranched alkanes of at least 4 members (excludes halogenated alkanes) is 18. The lowest BCUT2D eigenvalue weighted by molar-refractivity contribution is -0.121. The molecule has 0 atom stereocenters. The van der Waals surface area contributed by atoms with E-state index < -0.39 is 18.5 Å². The van der Waals surface area contributed by atoms with Crippen molar-refractivity contribution in [3.63, 3.8) is 0 Å². The van der Waals surface area contributed by atoms with Crippen molar-refractivity contribution in [2.75, 3.05) is 85.5 Å². The second-order valence-corrected chi connectivity index (χ2v) is 18.2. The van der Waals surface area contributed by atoms with Crippen molar-refractivity contribution in [2.45, 2.75) is 188 Å². The number of carbonyl (C=O) groups is 4. The summed E-state index contributed by atoms with van der Waals surface area (Å²) >= 11 is 0. The average molecular weight is 959 g/mol. The van der Waals surface area contributed by atoms with Crippen LogP contribution in [0, 0.1) is 0 Å². The standard InChI is InChI=1S/C54H94N4O10/c1-4-7-10-13-16-24-41-63-52(60)66-44-27-21-35-57(36-22-28-45-67-53(61)64-42-25-17-14-11-8-5-2)39-40-58(37-23-29-46-68-54(62)65-43-26-18-15-12-9-6-3)38-34-55-51(59)33-32-48-47-56-50-31-20-19-30-49(48)50/h19-20,30-31,47,56H,4-18,21-29,32-46H2,1-3H3,(H,55,59). The quantitative estimate of drug-likeness (QED) is 0.0368. The molecular weight excluding hydrogens is 865 g/mol. The van der Waals surface area contributed by atoms with E-state index in [-0.39, 0.29) is 5.91 Å². The number of para-hydroxylation sites is 1. The maximum atomic E-state index is 13.0. The summed E-state index contributed by atoms with van der Waals surface area (Å²) in [6, 6.07) is 8.14. The van der Waals surface area contributed by atoms with Crippen molar-refractivity contribution in [3.8, 4) is 0 Å². The van der Waals surface area contributed by atoms with Gasteiger partial charge in [-0.3, -0.25) is 4.79 Å². The molecule has 0 unspecified atom stereocenters. The minimum atomic E-state index is -0.604. The zero-order valence-electron chi connectivity index (χ0n) is 42.9. The molecule has 2 aromatic rings. The fourth-order valence-corrected chi connectivity index (χ4v) is 8.00. The predicted molar refractivity (Wildman–Crippen MR) is 272 cm³/mol. The van der Waals surface area contributed by atoms with Crippen molar-refractivity contribution in [3.05, 3.63) is 36.0 Å². The molecule has 0 aliphatic heterocycles. The zero-order valence-corrected chi connectivity index (χ0v) is 42.9. The number of ether oxygens (including phenoxy) is 6.